The molecule has 1 aliphatic carbocycles. The van der Waals surface area contributed by atoms with Gasteiger partial charge in [0, 0.05) is 51.7 Å². The van der Waals surface area contributed by atoms with Crippen LogP contribution in [0, 0.1) is 22.2 Å². The number of amides is 1. The number of alkyl halides is 6. The zero-order chi connectivity index (χ0) is 32.5. The molecule has 1 saturated carbocycles. The van der Waals surface area contributed by atoms with Crippen LogP contribution in [0.2, 0.25) is 0 Å². The maximum atomic E-state index is 13.1. The molecule has 2 saturated heterocycles. The lowest BCUT2D eigenvalue weighted by Gasteiger charge is -2.41. The number of methoxy groups -OCH3 is 1. The molecule has 16 heteroatoms. The van der Waals surface area contributed by atoms with Gasteiger partial charge in [0.2, 0.25) is 5.91 Å². The minimum atomic E-state index is -5.08. The number of nitrogens with zero attached hydrogens (tertiary/aromatic N) is 4. The first kappa shape index (κ1) is 35.7. The average Bonchev–Trinajstić information content (AvgIpc) is 3.55. The molecular formula is C27H34F6N4O6. The fourth-order valence-electron chi connectivity index (χ4n) is 5.72. The van der Waals surface area contributed by atoms with E-state index in [-0.39, 0.29) is 11.3 Å². The van der Waals surface area contributed by atoms with Crippen molar-refractivity contribution in [1.29, 1.82) is 5.26 Å². The van der Waals surface area contributed by atoms with Crippen molar-refractivity contribution < 1.29 is 55.7 Å². The first-order valence-electron chi connectivity index (χ1n) is 13.4. The number of hydrogen-bond acceptors (Lipinski definition) is 7. The molecule has 3 aliphatic rings. The van der Waals surface area contributed by atoms with Crippen molar-refractivity contribution in [2.75, 3.05) is 33.4 Å². The van der Waals surface area contributed by atoms with Gasteiger partial charge in [0.05, 0.1) is 12.7 Å². The third-order valence-electron chi connectivity index (χ3n) is 7.87. The predicted octanol–water partition coefficient (Wildman–Crippen LogP) is 4.26. The fourth-order valence-corrected chi connectivity index (χ4v) is 5.72. The molecular weight excluding hydrogens is 590 g/mol. The predicted molar refractivity (Wildman–Crippen MR) is 137 cm³/mol. The van der Waals surface area contributed by atoms with E-state index in [0.717, 1.165) is 77.7 Å². The number of ether oxygens (including phenoxy) is 1. The number of pyridine rings is 1. The van der Waals surface area contributed by atoms with Crippen LogP contribution < -0.4 is 0 Å². The van der Waals surface area contributed by atoms with Gasteiger partial charge in [0.1, 0.15) is 5.41 Å². The first-order valence-corrected chi connectivity index (χ1v) is 13.4. The van der Waals surface area contributed by atoms with Gasteiger partial charge in [-0.25, -0.2) is 9.59 Å². The molecule has 0 radical (unpaired) electrons. The number of piperidine rings is 1. The van der Waals surface area contributed by atoms with Gasteiger partial charge >= 0.3 is 24.3 Å². The van der Waals surface area contributed by atoms with E-state index in [1.807, 2.05) is 23.4 Å². The summed E-state index contributed by atoms with van der Waals surface area (Å²) in [6.45, 7) is 4.23. The highest BCUT2D eigenvalue weighted by Crippen LogP contribution is 2.46. The Hall–Kier alpha value is -3.45. The number of halogens is 6. The lowest BCUT2D eigenvalue weighted by Crippen LogP contribution is -2.49. The third-order valence-corrected chi connectivity index (χ3v) is 7.87. The molecule has 240 valence electrons. The van der Waals surface area contributed by atoms with Gasteiger partial charge in [-0.05, 0) is 49.1 Å². The van der Waals surface area contributed by atoms with Gasteiger partial charge in [-0.1, -0.05) is 18.9 Å². The zero-order valence-electron chi connectivity index (χ0n) is 23.5. The molecule has 3 heterocycles. The second-order valence-corrected chi connectivity index (χ2v) is 10.9. The van der Waals surface area contributed by atoms with Crippen LogP contribution in [0.25, 0.3) is 0 Å². The molecule has 0 aromatic carbocycles. The number of aliphatic carboxylic acids is 2. The molecule has 43 heavy (non-hydrogen) atoms. The SMILES string of the molecule is COCC1CC2(CCN(C(=O)C3(C#N)CCCC3)CC2)CN1Cc1cccnc1.O=C(O)C(F)(F)F.O=C(O)C(F)(F)F. The quantitative estimate of drug-likeness (QED) is 0.459. The van der Waals surface area contributed by atoms with E-state index >= 15 is 0 Å². The number of carboxylic acid groups (broad SMARTS) is 2. The maximum Gasteiger partial charge on any atom is 0.490 e. The van der Waals surface area contributed by atoms with E-state index in [4.69, 9.17) is 24.5 Å². The number of likely N-dealkylation sites (tertiary alicyclic amines) is 2. The van der Waals surface area contributed by atoms with E-state index in [9.17, 15) is 36.4 Å². The molecule has 1 aromatic rings. The van der Waals surface area contributed by atoms with Crippen molar-refractivity contribution in [3.05, 3.63) is 30.1 Å². The van der Waals surface area contributed by atoms with Crippen LogP contribution in [0.3, 0.4) is 0 Å². The monoisotopic (exact) mass is 624 g/mol. The van der Waals surface area contributed by atoms with E-state index in [1.54, 1.807) is 7.11 Å². The first-order chi connectivity index (χ1) is 20.0. The van der Waals surface area contributed by atoms with E-state index in [2.05, 4.69) is 22.0 Å². The van der Waals surface area contributed by atoms with Gasteiger partial charge in [0.15, 0.2) is 0 Å². The van der Waals surface area contributed by atoms with Crippen LogP contribution in [-0.2, 0) is 25.7 Å². The second kappa shape index (κ2) is 14.8. The number of aromatic nitrogens is 1. The van der Waals surface area contributed by atoms with Crippen molar-refractivity contribution in [2.45, 2.75) is 69.9 Å². The normalized spacial score (nSPS) is 21.2. The second-order valence-electron chi connectivity index (χ2n) is 10.9. The lowest BCUT2D eigenvalue weighted by atomic mass is 9.75. The number of hydrogen-bond donors (Lipinski definition) is 2. The molecule has 3 fully saturated rings. The van der Waals surface area contributed by atoms with Crippen LogP contribution in [-0.4, -0.2) is 94.6 Å². The van der Waals surface area contributed by atoms with Crippen LogP contribution in [0.1, 0.15) is 50.5 Å². The standard InChI is InChI=1S/C23H32N4O2.2C2HF3O2/c1-29-16-20-13-22(18-27(20)15-19-5-4-10-25-14-19)8-11-26(12-9-22)21(28)23(17-24)6-2-3-7-23;2*3-2(4,5)1(6)7/h4-5,10,14,20H,2-3,6-9,11-13,15-16,18H2,1H3;2*(H,6,7). The molecule has 10 nitrogen and oxygen atoms in total. The molecule has 0 bridgehead atoms. The van der Waals surface area contributed by atoms with Crippen molar-refractivity contribution in [2.24, 2.45) is 10.8 Å². The summed E-state index contributed by atoms with van der Waals surface area (Å²) in [5.74, 6) is -5.42. The summed E-state index contributed by atoms with van der Waals surface area (Å²) >= 11 is 0. The number of rotatable bonds is 5. The van der Waals surface area contributed by atoms with E-state index in [0.29, 0.717) is 6.04 Å². The topological polar surface area (TPSA) is 144 Å². The third kappa shape index (κ3) is 10.1. The summed E-state index contributed by atoms with van der Waals surface area (Å²) < 4.78 is 69.0. The van der Waals surface area contributed by atoms with E-state index < -0.39 is 29.7 Å². The zero-order valence-corrected chi connectivity index (χ0v) is 23.5. The summed E-state index contributed by atoms with van der Waals surface area (Å²) in [6.07, 6.45) is 0.210. The number of carbonyl (C=O) groups excluding carboxylic acids is 1. The molecule has 2 N–H and O–H groups in total. The summed E-state index contributed by atoms with van der Waals surface area (Å²) in [6, 6.07) is 6.90. The van der Waals surface area contributed by atoms with Crippen molar-refractivity contribution in [1.82, 2.24) is 14.8 Å². The van der Waals surface area contributed by atoms with Crippen molar-refractivity contribution in [3.8, 4) is 6.07 Å². The molecule has 1 amide bonds. The Morgan fingerprint density at radius 2 is 1.58 bits per heavy atom. The van der Waals surface area contributed by atoms with Crippen molar-refractivity contribution in [3.63, 3.8) is 0 Å². The Morgan fingerprint density at radius 3 is 2.00 bits per heavy atom. The van der Waals surface area contributed by atoms with Gasteiger partial charge in [0.25, 0.3) is 0 Å². The Morgan fingerprint density at radius 1 is 1.05 bits per heavy atom. The number of carbonyl (C=O) groups is 3. The molecule has 1 spiro atoms. The Bertz CT molecular complexity index is 1100. The van der Waals surface area contributed by atoms with Gasteiger partial charge in [-0.3, -0.25) is 14.7 Å². The van der Waals surface area contributed by atoms with Gasteiger partial charge in [-0.2, -0.15) is 31.6 Å². The highest BCUT2D eigenvalue weighted by atomic mass is 19.4. The number of nitriles is 1. The van der Waals surface area contributed by atoms with Crippen LogP contribution >= 0.6 is 0 Å². The Kier molecular flexibility index (Phi) is 12.3. The summed E-state index contributed by atoms with van der Waals surface area (Å²) in [4.78, 5) is 39.7. The molecule has 1 atom stereocenters. The van der Waals surface area contributed by atoms with Gasteiger partial charge < -0.3 is 19.8 Å². The van der Waals surface area contributed by atoms with Crippen LogP contribution in [0.4, 0.5) is 26.3 Å². The van der Waals surface area contributed by atoms with Crippen LogP contribution in [0.15, 0.2) is 24.5 Å². The number of carboxylic acids is 2. The molecule has 1 unspecified atom stereocenters. The van der Waals surface area contributed by atoms with Gasteiger partial charge in [-0.15, -0.1) is 0 Å². The van der Waals surface area contributed by atoms with Crippen LogP contribution in [0.5, 0.6) is 0 Å². The highest BCUT2D eigenvalue weighted by Gasteiger charge is 2.49. The largest absolute Gasteiger partial charge is 0.490 e. The molecule has 4 rings (SSSR count). The maximum absolute atomic E-state index is 13.1. The highest BCUT2D eigenvalue weighted by molar-refractivity contribution is 5.86. The summed E-state index contributed by atoms with van der Waals surface area (Å²) in [5, 5.41) is 23.9. The smallest absolute Gasteiger partial charge is 0.475 e. The molecule has 1 aromatic heterocycles. The van der Waals surface area contributed by atoms with Crippen molar-refractivity contribution >= 4 is 17.8 Å². The Labute approximate surface area is 244 Å². The Balaban J connectivity index is 0.000000384. The molecule has 2 aliphatic heterocycles. The minimum absolute atomic E-state index is 0.0889. The average molecular weight is 625 g/mol. The summed E-state index contributed by atoms with van der Waals surface area (Å²) in [7, 11) is 1.78. The minimum Gasteiger partial charge on any atom is -0.475 e. The lowest BCUT2D eigenvalue weighted by molar-refractivity contribution is -0.193. The van der Waals surface area contributed by atoms with E-state index in [1.165, 1.54) is 5.56 Å². The fraction of sp³-hybridized carbons (Fsp3) is 0.667. The summed E-state index contributed by atoms with van der Waals surface area (Å²) in [5.41, 5.74) is 0.735.